The molecule has 0 amide bonds. The highest BCUT2D eigenvalue weighted by Crippen LogP contribution is 2.24. The maximum atomic E-state index is 11.0. The van der Waals surface area contributed by atoms with Gasteiger partial charge in [-0.3, -0.25) is 4.79 Å². The monoisotopic (exact) mass is 229 g/mol. The molecular weight excluding hydrogens is 214 g/mol. The number of hydrogen-bond donors (Lipinski definition) is 0. The molecule has 0 aliphatic rings. The van der Waals surface area contributed by atoms with Crippen molar-refractivity contribution >= 4 is 6.29 Å². The molecule has 1 aromatic heterocycles. The third-order valence-electron chi connectivity index (χ3n) is 2.65. The SMILES string of the molecule is Cc1ccc(-c2c(C=O)nnn2C(C)C)cc1. The molecule has 1 aromatic carbocycles. The predicted octanol–water partition coefficient (Wildman–Crippen LogP) is 2.65. The van der Waals surface area contributed by atoms with Crippen LogP contribution in [0.5, 0.6) is 0 Å². The van der Waals surface area contributed by atoms with Crippen molar-refractivity contribution in [2.24, 2.45) is 0 Å². The van der Waals surface area contributed by atoms with Crippen LogP contribution in [0, 0.1) is 6.92 Å². The molecule has 0 N–H and O–H groups in total. The van der Waals surface area contributed by atoms with Crippen molar-refractivity contribution in [2.75, 3.05) is 0 Å². The summed E-state index contributed by atoms with van der Waals surface area (Å²) in [6.45, 7) is 6.06. The molecule has 0 unspecified atom stereocenters. The Hall–Kier alpha value is -1.97. The predicted molar refractivity (Wildman–Crippen MR) is 66.0 cm³/mol. The average Bonchev–Trinajstić information content (AvgIpc) is 2.73. The lowest BCUT2D eigenvalue weighted by molar-refractivity contribution is 0.111. The topological polar surface area (TPSA) is 47.8 Å². The second kappa shape index (κ2) is 4.49. The third kappa shape index (κ3) is 2.11. The number of nitrogens with zero attached hydrogens (tertiary/aromatic N) is 3. The van der Waals surface area contributed by atoms with E-state index in [1.54, 1.807) is 4.68 Å². The van der Waals surface area contributed by atoms with Gasteiger partial charge < -0.3 is 0 Å². The van der Waals surface area contributed by atoms with Gasteiger partial charge in [0.05, 0.1) is 5.69 Å². The zero-order chi connectivity index (χ0) is 12.4. The molecule has 0 saturated heterocycles. The van der Waals surface area contributed by atoms with Gasteiger partial charge in [0, 0.05) is 11.6 Å². The summed E-state index contributed by atoms with van der Waals surface area (Å²) in [6, 6.07) is 8.18. The Balaban J connectivity index is 2.59. The first-order valence-corrected chi connectivity index (χ1v) is 5.61. The molecule has 0 radical (unpaired) electrons. The summed E-state index contributed by atoms with van der Waals surface area (Å²) in [7, 11) is 0. The molecule has 0 fully saturated rings. The van der Waals surface area contributed by atoms with Gasteiger partial charge in [-0.15, -0.1) is 5.10 Å². The molecular formula is C13H15N3O. The summed E-state index contributed by atoms with van der Waals surface area (Å²) in [5, 5.41) is 7.92. The first-order chi connectivity index (χ1) is 8.13. The molecule has 88 valence electrons. The van der Waals surface area contributed by atoms with Gasteiger partial charge in [-0.1, -0.05) is 35.0 Å². The molecule has 0 aliphatic heterocycles. The number of aryl methyl sites for hydroxylation is 1. The minimum atomic E-state index is 0.174. The van der Waals surface area contributed by atoms with Crippen LogP contribution >= 0.6 is 0 Å². The van der Waals surface area contributed by atoms with Gasteiger partial charge in [0.15, 0.2) is 12.0 Å². The zero-order valence-electron chi connectivity index (χ0n) is 10.2. The van der Waals surface area contributed by atoms with Gasteiger partial charge in [0.2, 0.25) is 0 Å². The molecule has 1 heterocycles. The highest BCUT2D eigenvalue weighted by molar-refractivity contribution is 5.83. The molecule has 17 heavy (non-hydrogen) atoms. The zero-order valence-corrected chi connectivity index (χ0v) is 10.2. The molecule has 0 atom stereocenters. The van der Waals surface area contributed by atoms with Crippen LogP contribution in [0.25, 0.3) is 11.3 Å². The second-order valence-corrected chi connectivity index (χ2v) is 4.35. The molecule has 0 spiro atoms. The van der Waals surface area contributed by atoms with Crippen molar-refractivity contribution in [3.8, 4) is 11.3 Å². The fourth-order valence-corrected chi connectivity index (χ4v) is 1.74. The summed E-state index contributed by atoms with van der Waals surface area (Å²) in [6.07, 6.45) is 0.751. The van der Waals surface area contributed by atoms with Gasteiger partial charge in [0.25, 0.3) is 0 Å². The Morgan fingerprint density at radius 3 is 2.41 bits per heavy atom. The number of aldehydes is 1. The largest absolute Gasteiger partial charge is 0.296 e. The van der Waals surface area contributed by atoms with E-state index in [9.17, 15) is 4.79 Å². The van der Waals surface area contributed by atoms with E-state index in [0.29, 0.717) is 5.69 Å². The van der Waals surface area contributed by atoms with Crippen molar-refractivity contribution in [3.05, 3.63) is 35.5 Å². The van der Waals surface area contributed by atoms with E-state index in [0.717, 1.165) is 17.5 Å². The maximum absolute atomic E-state index is 11.0. The van der Waals surface area contributed by atoms with Crippen LogP contribution in [0.4, 0.5) is 0 Å². The summed E-state index contributed by atoms with van der Waals surface area (Å²) in [5.74, 6) is 0. The lowest BCUT2D eigenvalue weighted by atomic mass is 10.1. The minimum absolute atomic E-state index is 0.174. The second-order valence-electron chi connectivity index (χ2n) is 4.35. The number of carbonyl (C=O) groups is 1. The lowest BCUT2D eigenvalue weighted by Crippen LogP contribution is -2.05. The van der Waals surface area contributed by atoms with E-state index in [1.807, 2.05) is 45.0 Å². The van der Waals surface area contributed by atoms with Gasteiger partial charge in [-0.2, -0.15) is 0 Å². The summed E-state index contributed by atoms with van der Waals surface area (Å²) >= 11 is 0. The summed E-state index contributed by atoms with van der Waals surface area (Å²) in [5.41, 5.74) is 3.33. The van der Waals surface area contributed by atoms with Crippen LogP contribution in [-0.2, 0) is 0 Å². The van der Waals surface area contributed by atoms with Gasteiger partial charge >= 0.3 is 0 Å². The van der Waals surface area contributed by atoms with Gasteiger partial charge in [-0.05, 0) is 20.8 Å². The molecule has 0 saturated carbocycles. The van der Waals surface area contributed by atoms with E-state index < -0.39 is 0 Å². The van der Waals surface area contributed by atoms with Crippen LogP contribution in [0.3, 0.4) is 0 Å². The molecule has 0 bridgehead atoms. The minimum Gasteiger partial charge on any atom is -0.296 e. The fraction of sp³-hybridized carbons (Fsp3) is 0.308. The highest BCUT2D eigenvalue weighted by atomic mass is 16.1. The Bertz CT molecular complexity index is 526. The van der Waals surface area contributed by atoms with E-state index in [4.69, 9.17) is 0 Å². The van der Waals surface area contributed by atoms with Crippen LogP contribution in [-0.4, -0.2) is 21.3 Å². The Morgan fingerprint density at radius 1 is 1.24 bits per heavy atom. The Labute approximate surface area is 100 Å². The molecule has 2 aromatic rings. The highest BCUT2D eigenvalue weighted by Gasteiger charge is 2.15. The first-order valence-electron chi connectivity index (χ1n) is 5.61. The first kappa shape index (κ1) is 11.5. The van der Waals surface area contributed by atoms with E-state index in [2.05, 4.69) is 10.3 Å². The summed E-state index contributed by atoms with van der Waals surface area (Å²) < 4.78 is 1.77. The van der Waals surface area contributed by atoms with E-state index in [1.165, 1.54) is 5.56 Å². The fourth-order valence-electron chi connectivity index (χ4n) is 1.74. The normalized spacial score (nSPS) is 10.8. The van der Waals surface area contributed by atoms with Crippen LogP contribution in [0.2, 0.25) is 0 Å². The number of carbonyl (C=O) groups excluding carboxylic acids is 1. The molecule has 2 rings (SSSR count). The van der Waals surface area contributed by atoms with Crippen molar-refractivity contribution < 1.29 is 4.79 Å². The van der Waals surface area contributed by atoms with Crippen LogP contribution < -0.4 is 0 Å². The smallest absolute Gasteiger partial charge is 0.172 e. The lowest BCUT2D eigenvalue weighted by Gasteiger charge is -2.10. The van der Waals surface area contributed by atoms with Crippen molar-refractivity contribution in [1.29, 1.82) is 0 Å². The molecule has 0 aliphatic carbocycles. The number of hydrogen-bond acceptors (Lipinski definition) is 3. The van der Waals surface area contributed by atoms with Crippen LogP contribution in [0.15, 0.2) is 24.3 Å². The van der Waals surface area contributed by atoms with E-state index in [-0.39, 0.29) is 6.04 Å². The van der Waals surface area contributed by atoms with Crippen LogP contribution in [0.1, 0.15) is 35.9 Å². The van der Waals surface area contributed by atoms with Crippen molar-refractivity contribution in [2.45, 2.75) is 26.8 Å². The number of rotatable bonds is 3. The quantitative estimate of drug-likeness (QED) is 0.760. The number of aromatic nitrogens is 3. The van der Waals surface area contributed by atoms with E-state index >= 15 is 0 Å². The number of benzene rings is 1. The Kier molecular flexibility index (Phi) is 3.04. The van der Waals surface area contributed by atoms with Gasteiger partial charge in [0.1, 0.15) is 0 Å². The standard InChI is InChI=1S/C13H15N3O/c1-9(2)16-13(12(8-17)14-15-16)11-6-4-10(3)5-7-11/h4-9H,1-3H3. The maximum Gasteiger partial charge on any atom is 0.172 e. The third-order valence-corrected chi connectivity index (χ3v) is 2.65. The van der Waals surface area contributed by atoms with Gasteiger partial charge in [-0.25, -0.2) is 4.68 Å². The average molecular weight is 229 g/mol. The molecule has 4 heteroatoms. The van der Waals surface area contributed by atoms with Crippen molar-refractivity contribution in [3.63, 3.8) is 0 Å². The Morgan fingerprint density at radius 2 is 1.88 bits per heavy atom. The summed E-state index contributed by atoms with van der Waals surface area (Å²) in [4.78, 5) is 11.0. The van der Waals surface area contributed by atoms with Crippen molar-refractivity contribution in [1.82, 2.24) is 15.0 Å². The molecule has 4 nitrogen and oxygen atoms in total.